The van der Waals surface area contributed by atoms with Gasteiger partial charge in [-0.3, -0.25) is 5.41 Å². The van der Waals surface area contributed by atoms with Crippen LogP contribution in [-0.2, 0) is 0 Å². The predicted molar refractivity (Wildman–Crippen MR) is 73.3 cm³/mol. The predicted octanol–water partition coefficient (Wildman–Crippen LogP) is 1.38. The lowest BCUT2D eigenvalue weighted by Crippen LogP contribution is -2.14. The molecule has 0 atom stereocenters. The number of nitrogens with one attached hydrogen (secondary N) is 1. The van der Waals surface area contributed by atoms with E-state index in [1.54, 1.807) is 11.8 Å². The van der Waals surface area contributed by atoms with E-state index in [9.17, 15) is 0 Å². The van der Waals surface area contributed by atoms with Crippen LogP contribution in [0, 0.1) is 5.41 Å². The number of nitrogens with two attached hydrogens (primary N) is 1. The van der Waals surface area contributed by atoms with Crippen LogP contribution in [0.4, 0.5) is 0 Å². The second-order valence-corrected chi connectivity index (χ2v) is 5.37. The normalized spacial score (nSPS) is 14.1. The van der Waals surface area contributed by atoms with Crippen LogP contribution in [0.1, 0.15) is 11.1 Å². The Kier molecular flexibility index (Phi) is 3.49. The molecule has 1 heterocycles. The van der Waals surface area contributed by atoms with Gasteiger partial charge in [-0.15, -0.1) is 11.8 Å². The molecule has 0 saturated heterocycles. The molecule has 90 valence electrons. The summed E-state index contributed by atoms with van der Waals surface area (Å²) in [6.07, 6.45) is 0. The minimum atomic E-state index is 0.271. The summed E-state index contributed by atoms with van der Waals surface area (Å²) in [6.45, 7) is 1.04. The Bertz CT molecular complexity index is 479. The number of thioether (sulfide) groups is 1. The molecule has 0 aliphatic carbocycles. The molecule has 1 aromatic rings. The summed E-state index contributed by atoms with van der Waals surface area (Å²) in [5, 5.41) is 7.72. The summed E-state index contributed by atoms with van der Waals surface area (Å²) in [6, 6.07) is 6.00. The summed E-state index contributed by atoms with van der Waals surface area (Å²) in [7, 11) is 4.13. The van der Waals surface area contributed by atoms with E-state index < -0.39 is 0 Å². The van der Waals surface area contributed by atoms with Crippen LogP contribution in [0.15, 0.2) is 28.1 Å². The lowest BCUT2D eigenvalue weighted by atomic mass is 10.1. The Morgan fingerprint density at radius 2 is 2.12 bits per heavy atom. The highest BCUT2D eigenvalue weighted by atomic mass is 32.2. The topological polar surface area (TPSA) is 65.5 Å². The van der Waals surface area contributed by atoms with Gasteiger partial charge in [-0.25, -0.2) is 4.99 Å². The average Bonchev–Trinajstić information content (AvgIpc) is 2.54. The summed E-state index contributed by atoms with van der Waals surface area (Å²) < 4.78 is 0. The first kappa shape index (κ1) is 12.1. The fraction of sp³-hybridized carbons (Fsp3) is 0.333. The molecular formula is C12H16N4S. The van der Waals surface area contributed by atoms with Crippen LogP contribution in [0.2, 0.25) is 0 Å². The summed E-state index contributed by atoms with van der Waals surface area (Å²) in [5.74, 6) is 1.76. The molecule has 1 aliphatic rings. The Morgan fingerprint density at radius 3 is 2.82 bits per heavy atom. The molecular weight excluding hydrogens is 232 g/mol. The van der Waals surface area contributed by atoms with E-state index in [4.69, 9.17) is 11.1 Å². The molecule has 1 aliphatic heterocycles. The van der Waals surface area contributed by atoms with Gasteiger partial charge in [0.1, 0.15) is 5.84 Å². The van der Waals surface area contributed by atoms with E-state index >= 15 is 0 Å². The van der Waals surface area contributed by atoms with Crippen molar-refractivity contribution in [3.8, 4) is 0 Å². The minimum absolute atomic E-state index is 0.271. The molecule has 0 spiro atoms. The van der Waals surface area contributed by atoms with E-state index in [2.05, 4.69) is 24.0 Å². The van der Waals surface area contributed by atoms with E-state index in [1.165, 1.54) is 4.90 Å². The molecule has 0 unspecified atom stereocenters. The Balaban J connectivity index is 2.09. The van der Waals surface area contributed by atoms with Gasteiger partial charge in [-0.1, -0.05) is 0 Å². The fourth-order valence-corrected chi connectivity index (χ4v) is 2.68. The van der Waals surface area contributed by atoms with Crippen molar-refractivity contribution in [3.05, 3.63) is 29.3 Å². The third kappa shape index (κ3) is 2.68. The second-order valence-electron chi connectivity index (χ2n) is 4.20. The molecule has 2 rings (SSSR count). The van der Waals surface area contributed by atoms with Gasteiger partial charge in [0.05, 0.1) is 0 Å². The fourth-order valence-electron chi connectivity index (χ4n) is 1.62. The molecule has 3 N–H and O–H groups in total. The molecule has 0 saturated carbocycles. The maximum atomic E-state index is 7.72. The number of hydrogen-bond donors (Lipinski definition) is 2. The summed E-state index contributed by atoms with van der Waals surface area (Å²) in [5.41, 5.74) is 7.45. The van der Waals surface area contributed by atoms with E-state index in [0.29, 0.717) is 5.84 Å². The van der Waals surface area contributed by atoms with Crippen LogP contribution in [0.3, 0.4) is 0 Å². The minimum Gasteiger partial charge on any atom is -0.383 e. The Morgan fingerprint density at radius 1 is 1.35 bits per heavy atom. The SMILES string of the molecule is CN(C)CCSc1ccc2c(c1)C(=N)N=C2N. The van der Waals surface area contributed by atoms with Gasteiger partial charge >= 0.3 is 0 Å². The van der Waals surface area contributed by atoms with Crippen LogP contribution in [0.25, 0.3) is 0 Å². The lowest BCUT2D eigenvalue weighted by Gasteiger charge is -2.09. The van der Waals surface area contributed by atoms with Crippen molar-refractivity contribution in [2.45, 2.75) is 4.90 Å². The third-order valence-electron chi connectivity index (χ3n) is 2.56. The number of amidine groups is 2. The molecule has 5 heteroatoms. The van der Waals surface area contributed by atoms with Crippen LogP contribution >= 0.6 is 11.8 Å². The van der Waals surface area contributed by atoms with E-state index in [1.807, 2.05) is 18.2 Å². The van der Waals surface area contributed by atoms with Gasteiger partial charge in [0.15, 0.2) is 5.84 Å². The molecule has 17 heavy (non-hydrogen) atoms. The monoisotopic (exact) mass is 248 g/mol. The van der Waals surface area contributed by atoms with Crippen molar-refractivity contribution in [1.29, 1.82) is 5.41 Å². The molecule has 0 amide bonds. The van der Waals surface area contributed by atoms with Crippen molar-refractivity contribution in [2.75, 3.05) is 26.4 Å². The zero-order chi connectivity index (χ0) is 12.4. The zero-order valence-electron chi connectivity index (χ0n) is 10.0. The highest BCUT2D eigenvalue weighted by molar-refractivity contribution is 7.99. The molecule has 0 fully saturated rings. The van der Waals surface area contributed by atoms with Gasteiger partial charge < -0.3 is 10.6 Å². The summed E-state index contributed by atoms with van der Waals surface area (Å²) in [4.78, 5) is 7.29. The maximum absolute atomic E-state index is 7.72. The lowest BCUT2D eigenvalue weighted by molar-refractivity contribution is 0.437. The number of benzene rings is 1. The number of rotatable bonds is 4. The quantitative estimate of drug-likeness (QED) is 0.791. The third-order valence-corrected chi connectivity index (χ3v) is 3.54. The van der Waals surface area contributed by atoms with Crippen molar-refractivity contribution in [3.63, 3.8) is 0 Å². The van der Waals surface area contributed by atoms with E-state index in [0.717, 1.165) is 23.4 Å². The van der Waals surface area contributed by atoms with Gasteiger partial charge in [0.25, 0.3) is 0 Å². The molecule has 4 nitrogen and oxygen atoms in total. The molecule has 0 bridgehead atoms. The van der Waals surface area contributed by atoms with Gasteiger partial charge in [-0.2, -0.15) is 0 Å². The number of fused-ring (bicyclic) bond motifs is 1. The van der Waals surface area contributed by atoms with E-state index in [-0.39, 0.29) is 5.84 Å². The standard InChI is InChI=1S/C12H16N4S/c1-16(2)5-6-17-8-3-4-9-10(7-8)12(14)15-11(9)13/h3-4,7H,5-6H2,1-2H3,(H3,13,14,15). The van der Waals surface area contributed by atoms with Crippen LogP contribution < -0.4 is 5.73 Å². The molecule has 0 radical (unpaired) electrons. The average molecular weight is 248 g/mol. The van der Waals surface area contributed by atoms with Crippen molar-refractivity contribution in [1.82, 2.24) is 4.90 Å². The maximum Gasteiger partial charge on any atom is 0.154 e. The smallest absolute Gasteiger partial charge is 0.154 e. The summed E-state index contributed by atoms with van der Waals surface area (Å²) >= 11 is 1.79. The molecule has 1 aromatic carbocycles. The first-order valence-corrected chi connectivity index (χ1v) is 6.41. The van der Waals surface area contributed by atoms with Crippen molar-refractivity contribution in [2.24, 2.45) is 10.7 Å². The highest BCUT2D eigenvalue weighted by Crippen LogP contribution is 2.24. The van der Waals surface area contributed by atoms with Crippen molar-refractivity contribution < 1.29 is 0 Å². The van der Waals surface area contributed by atoms with Gasteiger partial charge in [-0.05, 0) is 32.3 Å². The van der Waals surface area contributed by atoms with Crippen molar-refractivity contribution >= 4 is 23.4 Å². The van der Waals surface area contributed by atoms with Gasteiger partial charge in [0.2, 0.25) is 0 Å². The number of aliphatic imine (C=N–C) groups is 1. The first-order valence-electron chi connectivity index (χ1n) is 5.43. The first-order chi connectivity index (χ1) is 8.08. The van der Waals surface area contributed by atoms with Crippen LogP contribution in [0.5, 0.6) is 0 Å². The number of nitrogens with zero attached hydrogens (tertiary/aromatic N) is 2. The number of hydrogen-bond acceptors (Lipinski definition) is 4. The largest absolute Gasteiger partial charge is 0.383 e. The van der Waals surface area contributed by atoms with Crippen LogP contribution in [-0.4, -0.2) is 43.0 Å². The Labute approximate surface area is 105 Å². The van der Waals surface area contributed by atoms with Gasteiger partial charge in [0, 0.05) is 28.3 Å². The Hall–Kier alpha value is -1.33. The zero-order valence-corrected chi connectivity index (χ0v) is 10.8. The highest BCUT2D eigenvalue weighted by Gasteiger charge is 2.18. The molecule has 0 aromatic heterocycles. The second kappa shape index (κ2) is 4.89.